The van der Waals surface area contributed by atoms with Gasteiger partial charge in [-0.15, -0.1) is 0 Å². The second-order valence-electron chi connectivity index (χ2n) is 6.15. The van der Waals surface area contributed by atoms with E-state index in [0.29, 0.717) is 17.0 Å². The van der Waals surface area contributed by atoms with E-state index >= 15 is 0 Å². The van der Waals surface area contributed by atoms with Crippen molar-refractivity contribution in [2.24, 2.45) is 5.92 Å². The van der Waals surface area contributed by atoms with E-state index in [-0.39, 0.29) is 19.1 Å². The Kier molecular flexibility index (Phi) is 8.68. The van der Waals surface area contributed by atoms with Crippen LogP contribution in [0.2, 0.25) is 0 Å². The average Bonchev–Trinajstić information content (AvgIpc) is 2.75. The SMILES string of the molecule is C[C@H](/C=C/C(=O)NO)[C@@H](OC(=O)Nc1ccccc1)c1ccc(OCCO)cc1. The minimum absolute atomic E-state index is 0.0953. The van der Waals surface area contributed by atoms with Gasteiger partial charge in [-0.05, 0) is 29.8 Å². The first-order chi connectivity index (χ1) is 14.0. The largest absolute Gasteiger partial charge is 0.491 e. The number of benzene rings is 2. The number of amides is 2. The first-order valence-electron chi connectivity index (χ1n) is 9.02. The van der Waals surface area contributed by atoms with Gasteiger partial charge in [-0.25, -0.2) is 10.3 Å². The number of aliphatic hydroxyl groups excluding tert-OH is 1. The minimum atomic E-state index is -0.701. The lowest BCUT2D eigenvalue weighted by Gasteiger charge is -2.23. The van der Waals surface area contributed by atoms with Gasteiger partial charge in [-0.1, -0.05) is 43.3 Å². The van der Waals surface area contributed by atoms with Crippen LogP contribution >= 0.6 is 0 Å². The van der Waals surface area contributed by atoms with Crippen molar-refractivity contribution in [2.75, 3.05) is 18.5 Å². The van der Waals surface area contributed by atoms with Gasteiger partial charge in [0.25, 0.3) is 5.91 Å². The number of anilines is 1. The van der Waals surface area contributed by atoms with Crippen molar-refractivity contribution in [2.45, 2.75) is 13.0 Å². The van der Waals surface area contributed by atoms with Crippen molar-refractivity contribution in [3.63, 3.8) is 0 Å². The molecule has 8 nitrogen and oxygen atoms in total. The number of rotatable bonds is 9. The van der Waals surface area contributed by atoms with Gasteiger partial charge in [0.05, 0.1) is 6.61 Å². The number of carbonyl (C=O) groups is 2. The molecule has 2 aromatic rings. The van der Waals surface area contributed by atoms with Crippen LogP contribution in [0.4, 0.5) is 10.5 Å². The summed E-state index contributed by atoms with van der Waals surface area (Å²) in [6, 6.07) is 15.8. The Balaban J connectivity index is 2.17. The molecule has 0 spiro atoms. The number of hydrogen-bond acceptors (Lipinski definition) is 6. The maximum Gasteiger partial charge on any atom is 0.412 e. The van der Waals surface area contributed by atoms with Crippen LogP contribution in [0.15, 0.2) is 66.7 Å². The van der Waals surface area contributed by atoms with Gasteiger partial charge in [0, 0.05) is 17.7 Å². The number of nitrogens with one attached hydrogen (secondary N) is 2. The summed E-state index contributed by atoms with van der Waals surface area (Å²) in [6.07, 6.45) is 1.35. The van der Waals surface area contributed by atoms with E-state index in [1.54, 1.807) is 55.5 Å². The second-order valence-corrected chi connectivity index (χ2v) is 6.15. The first-order valence-corrected chi connectivity index (χ1v) is 9.02. The molecule has 2 atom stereocenters. The Hall–Kier alpha value is -3.36. The topological polar surface area (TPSA) is 117 Å². The van der Waals surface area contributed by atoms with Crippen molar-refractivity contribution in [1.29, 1.82) is 0 Å². The highest BCUT2D eigenvalue weighted by molar-refractivity contribution is 5.86. The summed E-state index contributed by atoms with van der Waals surface area (Å²) in [6.45, 7) is 1.86. The van der Waals surface area contributed by atoms with Gasteiger partial charge >= 0.3 is 6.09 Å². The van der Waals surface area contributed by atoms with Crippen LogP contribution in [0.5, 0.6) is 5.75 Å². The highest BCUT2D eigenvalue weighted by Crippen LogP contribution is 2.29. The molecule has 0 fully saturated rings. The van der Waals surface area contributed by atoms with Gasteiger partial charge in [0.1, 0.15) is 18.5 Å². The van der Waals surface area contributed by atoms with Crippen molar-refractivity contribution < 1.29 is 29.4 Å². The first kappa shape index (κ1) is 21.9. The number of carbonyl (C=O) groups excluding carboxylic acids is 2. The van der Waals surface area contributed by atoms with E-state index in [1.807, 2.05) is 6.07 Å². The van der Waals surface area contributed by atoms with Crippen molar-refractivity contribution in [3.8, 4) is 5.75 Å². The maximum atomic E-state index is 12.4. The Morgan fingerprint density at radius 1 is 1.10 bits per heavy atom. The fourth-order valence-corrected chi connectivity index (χ4v) is 2.56. The predicted octanol–water partition coefficient (Wildman–Crippen LogP) is 3.05. The Morgan fingerprint density at radius 3 is 2.41 bits per heavy atom. The summed E-state index contributed by atoms with van der Waals surface area (Å²) in [5.74, 6) is -0.492. The Labute approximate surface area is 168 Å². The molecule has 0 aliphatic rings. The Morgan fingerprint density at radius 2 is 1.79 bits per heavy atom. The van der Waals surface area contributed by atoms with Gasteiger partial charge < -0.3 is 14.6 Å². The molecule has 0 unspecified atom stereocenters. The van der Waals surface area contributed by atoms with E-state index in [2.05, 4.69) is 5.32 Å². The molecule has 0 bridgehead atoms. The molecule has 2 amide bonds. The summed E-state index contributed by atoms with van der Waals surface area (Å²) < 4.78 is 11.0. The lowest BCUT2D eigenvalue weighted by Crippen LogP contribution is -2.22. The minimum Gasteiger partial charge on any atom is -0.491 e. The Bertz CT molecular complexity index is 808. The summed E-state index contributed by atoms with van der Waals surface area (Å²) in [5.41, 5.74) is 2.79. The molecule has 8 heteroatoms. The van der Waals surface area contributed by atoms with Crippen molar-refractivity contribution >= 4 is 17.7 Å². The van der Waals surface area contributed by atoms with E-state index in [9.17, 15) is 9.59 Å². The summed E-state index contributed by atoms with van der Waals surface area (Å²) in [5, 5.41) is 20.1. The summed E-state index contributed by atoms with van der Waals surface area (Å²) in [7, 11) is 0. The zero-order valence-corrected chi connectivity index (χ0v) is 15.9. The maximum absolute atomic E-state index is 12.4. The molecule has 154 valence electrons. The zero-order chi connectivity index (χ0) is 21.1. The molecule has 0 heterocycles. The predicted molar refractivity (Wildman–Crippen MR) is 107 cm³/mol. The summed E-state index contributed by atoms with van der Waals surface area (Å²) >= 11 is 0. The third-order valence-corrected chi connectivity index (χ3v) is 3.96. The van der Waals surface area contributed by atoms with E-state index < -0.39 is 18.1 Å². The molecule has 0 aliphatic heterocycles. The molecule has 0 saturated carbocycles. The molecule has 29 heavy (non-hydrogen) atoms. The lowest BCUT2D eigenvalue weighted by molar-refractivity contribution is -0.124. The van der Waals surface area contributed by atoms with Crippen LogP contribution in [-0.4, -0.2) is 35.5 Å². The van der Waals surface area contributed by atoms with E-state index in [0.717, 1.165) is 6.08 Å². The summed E-state index contributed by atoms with van der Waals surface area (Å²) in [4.78, 5) is 23.7. The van der Waals surface area contributed by atoms with E-state index in [4.69, 9.17) is 19.8 Å². The van der Waals surface area contributed by atoms with Gasteiger partial charge in [0.2, 0.25) is 0 Å². The fourth-order valence-electron chi connectivity index (χ4n) is 2.56. The zero-order valence-electron chi connectivity index (χ0n) is 15.9. The highest BCUT2D eigenvalue weighted by atomic mass is 16.6. The number of para-hydroxylation sites is 1. The van der Waals surface area contributed by atoms with Gasteiger partial charge in [0.15, 0.2) is 0 Å². The van der Waals surface area contributed by atoms with Crippen LogP contribution in [0, 0.1) is 5.92 Å². The second kappa shape index (κ2) is 11.5. The van der Waals surface area contributed by atoms with Gasteiger partial charge in [-0.3, -0.25) is 15.3 Å². The average molecular weight is 400 g/mol. The number of hydroxylamine groups is 1. The van der Waals surface area contributed by atoms with Gasteiger partial charge in [-0.2, -0.15) is 0 Å². The molecule has 0 aliphatic carbocycles. The third-order valence-electron chi connectivity index (χ3n) is 3.96. The molecular formula is C21H24N2O6. The normalized spacial score (nSPS) is 12.8. The van der Waals surface area contributed by atoms with Crippen LogP contribution in [0.1, 0.15) is 18.6 Å². The molecule has 2 aromatic carbocycles. The molecule has 2 rings (SSSR count). The van der Waals surface area contributed by atoms with Crippen LogP contribution in [0.25, 0.3) is 0 Å². The molecule has 0 saturated heterocycles. The van der Waals surface area contributed by atoms with Crippen LogP contribution in [0.3, 0.4) is 0 Å². The molecule has 0 aromatic heterocycles. The third kappa shape index (κ3) is 7.28. The highest BCUT2D eigenvalue weighted by Gasteiger charge is 2.22. The van der Waals surface area contributed by atoms with Crippen molar-refractivity contribution in [3.05, 3.63) is 72.3 Å². The van der Waals surface area contributed by atoms with Crippen molar-refractivity contribution in [1.82, 2.24) is 5.48 Å². The number of aliphatic hydroxyl groups is 1. The standard InChI is InChI=1S/C21H24N2O6/c1-15(7-12-19(25)23-27)20(16-8-10-18(11-9-16)28-14-13-24)29-21(26)22-17-5-3-2-4-6-17/h2-12,15,20,24,27H,13-14H2,1H3,(H,22,26)(H,23,25)/b12-7+/t15-,20-/m1/s1. The lowest BCUT2D eigenvalue weighted by atomic mass is 9.96. The van der Waals surface area contributed by atoms with Crippen LogP contribution in [-0.2, 0) is 9.53 Å². The smallest absolute Gasteiger partial charge is 0.412 e. The number of hydrogen-bond donors (Lipinski definition) is 4. The molecular weight excluding hydrogens is 376 g/mol. The fraction of sp³-hybridized carbons (Fsp3) is 0.238. The van der Waals surface area contributed by atoms with E-state index in [1.165, 1.54) is 11.6 Å². The number of ether oxygens (including phenoxy) is 2. The molecule has 4 N–H and O–H groups in total. The molecule has 0 radical (unpaired) electrons. The monoisotopic (exact) mass is 400 g/mol. The quantitative estimate of drug-likeness (QED) is 0.292. The van der Waals surface area contributed by atoms with Crippen LogP contribution < -0.4 is 15.5 Å².